The molecule has 2 aromatic rings. The van der Waals surface area contributed by atoms with Crippen molar-refractivity contribution in [2.45, 2.75) is 17.7 Å². The van der Waals surface area contributed by atoms with Gasteiger partial charge in [0.05, 0.1) is 6.20 Å². The van der Waals surface area contributed by atoms with Crippen molar-refractivity contribution in [3.05, 3.63) is 18.6 Å². The molecule has 3 N–H and O–H groups in total. The second-order valence-electron chi connectivity index (χ2n) is 5.13. The number of hydrogen-bond donors (Lipinski definition) is 2. The molecule has 8 nitrogen and oxygen atoms in total. The van der Waals surface area contributed by atoms with Crippen LogP contribution in [0.4, 0.5) is 11.6 Å². The molecule has 1 saturated carbocycles. The Kier molecular flexibility index (Phi) is 3.28. The minimum Gasteiger partial charge on any atom is -0.382 e. The summed E-state index contributed by atoms with van der Waals surface area (Å²) in [5, 5.41) is 7.32. The van der Waals surface area contributed by atoms with Crippen molar-refractivity contribution in [1.29, 1.82) is 0 Å². The summed E-state index contributed by atoms with van der Waals surface area (Å²) < 4.78 is 25.2. The van der Waals surface area contributed by atoms with Crippen molar-refractivity contribution in [3.63, 3.8) is 0 Å². The zero-order valence-electron chi connectivity index (χ0n) is 11.5. The molecule has 2 aromatic heterocycles. The van der Waals surface area contributed by atoms with E-state index in [0.29, 0.717) is 18.3 Å². The highest BCUT2D eigenvalue weighted by atomic mass is 32.2. The van der Waals surface area contributed by atoms with Crippen molar-refractivity contribution in [1.82, 2.24) is 19.7 Å². The summed E-state index contributed by atoms with van der Waals surface area (Å²) in [4.78, 5) is 8.04. The van der Waals surface area contributed by atoms with Crippen LogP contribution in [0.2, 0.25) is 0 Å². The molecule has 3 rings (SSSR count). The number of nitrogen functional groups attached to an aromatic ring is 1. The van der Waals surface area contributed by atoms with Crippen LogP contribution >= 0.6 is 0 Å². The van der Waals surface area contributed by atoms with E-state index in [9.17, 15) is 8.42 Å². The molecular weight excluding hydrogens is 292 g/mol. The Balaban J connectivity index is 2.05. The first kappa shape index (κ1) is 13.8. The molecule has 0 amide bonds. The summed E-state index contributed by atoms with van der Waals surface area (Å²) in [7, 11) is -3.50. The van der Waals surface area contributed by atoms with Crippen LogP contribution in [-0.2, 0) is 9.84 Å². The maximum Gasteiger partial charge on any atom is 0.182 e. The monoisotopic (exact) mass is 308 g/mol. The van der Waals surface area contributed by atoms with E-state index in [0.717, 1.165) is 19.1 Å². The molecule has 0 spiro atoms. The van der Waals surface area contributed by atoms with E-state index in [1.54, 1.807) is 0 Å². The van der Waals surface area contributed by atoms with Crippen molar-refractivity contribution < 1.29 is 8.42 Å². The van der Waals surface area contributed by atoms with Crippen LogP contribution in [0.5, 0.6) is 0 Å². The lowest BCUT2D eigenvalue weighted by molar-refractivity contribution is 0.602. The lowest BCUT2D eigenvalue weighted by Gasteiger charge is -2.03. The topological polar surface area (TPSA) is 116 Å². The Morgan fingerprint density at radius 3 is 2.76 bits per heavy atom. The third-order valence-corrected chi connectivity index (χ3v) is 4.41. The Labute approximate surface area is 122 Å². The lowest BCUT2D eigenvalue weighted by atomic mass is 10.4. The van der Waals surface area contributed by atoms with E-state index in [1.165, 1.54) is 23.3 Å². The van der Waals surface area contributed by atoms with Crippen LogP contribution in [-0.4, -0.2) is 41.0 Å². The van der Waals surface area contributed by atoms with Crippen molar-refractivity contribution in [2.24, 2.45) is 5.92 Å². The largest absolute Gasteiger partial charge is 0.382 e. The van der Waals surface area contributed by atoms with Gasteiger partial charge >= 0.3 is 0 Å². The Morgan fingerprint density at radius 2 is 2.19 bits per heavy atom. The normalized spacial score (nSPS) is 15.1. The van der Waals surface area contributed by atoms with Crippen molar-refractivity contribution >= 4 is 21.5 Å². The van der Waals surface area contributed by atoms with Gasteiger partial charge in [-0.15, -0.1) is 5.10 Å². The predicted octanol–water partition coefficient (Wildman–Crippen LogP) is 0.470. The number of nitrogens with two attached hydrogens (primary N) is 1. The second-order valence-corrected chi connectivity index (χ2v) is 7.09. The Morgan fingerprint density at radius 1 is 1.43 bits per heavy atom. The molecule has 0 radical (unpaired) electrons. The molecule has 0 atom stereocenters. The summed E-state index contributed by atoms with van der Waals surface area (Å²) in [6, 6.07) is 0. The molecule has 1 aliphatic carbocycles. The zero-order valence-corrected chi connectivity index (χ0v) is 12.3. The van der Waals surface area contributed by atoms with Gasteiger partial charge in [-0.25, -0.2) is 13.4 Å². The molecule has 0 unspecified atom stereocenters. The first-order chi connectivity index (χ1) is 9.97. The van der Waals surface area contributed by atoms with E-state index in [2.05, 4.69) is 20.4 Å². The summed E-state index contributed by atoms with van der Waals surface area (Å²) >= 11 is 0. The molecule has 1 aliphatic rings. The van der Waals surface area contributed by atoms with Crippen LogP contribution in [0.15, 0.2) is 23.5 Å². The number of nitrogens with one attached hydrogen (secondary N) is 1. The highest BCUT2D eigenvalue weighted by Crippen LogP contribution is 2.32. The molecule has 0 aromatic carbocycles. The fourth-order valence-corrected chi connectivity index (χ4v) is 2.97. The van der Waals surface area contributed by atoms with E-state index >= 15 is 0 Å². The number of nitrogens with zero attached hydrogens (tertiary/aromatic N) is 4. The van der Waals surface area contributed by atoms with Gasteiger partial charge in [0, 0.05) is 25.2 Å². The van der Waals surface area contributed by atoms with Crippen molar-refractivity contribution in [3.8, 4) is 5.82 Å². The fourth-order valence-electron chi connectivity index (χ4n) is 2.04. The number of rotatable bonds is 5. The van der Waals surface area contributed by atoms with Crippen LogP contribution in [0.1, 0.15) is 12.8 Å². The average molecular weight is 308 g/mol. The quantitative estimate of drug-likeness (QED) is 0.824. The van der Waals surface area contributed by atoms with Gasteiger partial charge in [-0.2, -0.15) is 4.68 Å². The van der Waals surface area contributed by atoms with E-state index in [4.69, 9.17) is 5.73 Å². The summed E-state index contributed by atoms with van der Waals surface area (Å²) in [5.74, 6) is 1.27. The number of sulfone groups is 1. The summed E-state index contributed by atoms with van der Waals surface area (Å²) in [6.07, 6.45) is 7.91. The first-order valence-electron chi connectivity index (χ1n) is 6.55. The predicted molar refractivity (Wildman–Crippen MR) is 77.9 cm³/mol. The maximum absolute atomic E-state index is 12.0. The SMILES string of the molecule is CS(=O)(=O)c1c(NCC2CC2)nn(-c2cnccn2)c1N. The van der Waals surface area contributed by atoms with Gasteiger partial charge in [-0.05, 0) is 18.8 Å². The Hall–Kier alpha value is -2.16. The van der Waals surface area contributed by atoms with Crippen molar-refractivity contribution in [2.75, 3.05) is 23.9 Å². The van der Waals surface area contributed by atoms with Crippen LogP contribution in [0.3, 0.4) is 0 Å². The Bertz CT molecular complexity index is 752. The third kappa shape index (κ3) is 2.82. The molecular formula is C12H16N6O2S. The molecule has 9 heteroatoms. The zero-order chi connectivity index (χ0) is 15.0. The lowest BCUT2D eigenvalue weighted by Crippen LogP contribution is -2.08. The molecule has 21 heavy (non-hydrogen) atoms. The molecule has 1 fully saturated rings. The number of hydrogen-bond acceptors (Lipinski definition) is 7. The molecule has 112 valence electrons. The summed E-state index contributed by atoms with van der Waals surface area (Å²) in [5.41, 5.74) is 5.96. The first-order valence-corrected chi connectivity index (χ1v) is 8.45. The molecule has 0 aliphatic heterocycles. The fraction of sp³-hybridized carbons (Fsp3) is 0.417. The average Bonchev–Trinajstić information content (AvgIpc) is 3.19. The highest BCUT2D eigenvalue weighted by Gasteiger charge is 2.27. The molecule has 0 bridgehead atoms. The molecule has 2 heterocycles. The van der Waals surface area contributed by atoms with Gasteiger partial charge in [-0.1, -0.05) is 0 Å². The maximum atomic E-state index is 12.0. The number of aromatic nitrogens is 4. The van der Waals surface area contributed by atoms with Gasteiger partial charge in [0.15, 0.2) is 26.4 Å². The van der Waals surface area contributed by atoms with Crippen LogP contribution in [0, 0.1) is 5.92 Å². The van der Waals surface area contributed by atoms with Gasteiger partial charge in [-0.3, -0.25) is 4.98 Å². The minimum absolute atomic E-state index is 0.00815. The standard InChI is InChI=1S/C12H16N6O2S/c1-21(19,20)10-11(13)18(9-7-14-4-5-15-9)17-12(10)16-6-8-2-3-8/h4-5,7-8H,2-3,6,13H2,1H3,(H,16,17). The third-order valence-electron chi connectivity index (χ3n) is 3.27. The van der Waals surface area contributed by atoms with Crippen LogP contribution < -0.4 is 11.1 Å². The smallest absolute Gasteiger partial charge is 0.182 e. The second kappa shape index (κ2) is 4.99. The van der Waals surface area contributed by atoms with Gasteiger partial charge in [0.2, 0.25) is 0 Å². The van der Waals surface area contributed by atoms with E-state index < -0.39 is 9.84 Å². The number of anilines is 2. The highest BCUT2D eigenvalue weighted by molar-refractivity contribution is 7.91. The summed E-state index contributed by atoms with van der Waals surface area (Å²) in [6.45, 7) is 0.694. The van der Waals surface area contributed by atoms with Gasteiger partial charge in [0.1, 0.15) is 5.82 Å². The van der Waals surface area contributed by atoms with Gasteiger partial charge in [0.25, 0.3) is 0 Å². The minimum atomic E-state index is -3.50. The van der Waals surface area contributed by atoms with E-state index in [1.807, 2.05) is 0 Å². The van der Waals surface area contributed by atoms with Crippen LogP contribution in [0.25, 0.3) is 5.82 Å². The van der Waals surface area contributed by atoms with Gasteiger partial charge < -0.3 is 11.1 Å². The van der Waals surface area contributed by atoms with E-state index in [-0.39, 0.29) is 16.5 Å². The molecule has 0 saturated heterocycles.